The first-order valence-electron chi connectivity index (χ1n) is 14.0. The fourth-order valence-electron chi connectivity index (χ4n) is 5.04. The lowest BCUT2D eigenvalue weighted by Crippen LogP contribution is -2.46. The number of piperidine rings is 1. The van der Waals surface area contributed by atoms with Crippen LogP contribution >= 0.6 is 11.3 Å². The molecule has 1 aliphatic heterocycles. The zero-order valence-electron chi connectivity index (χ0n) is 24.0. The number of methoxy groups -OCH3 is 2. The Hall–Kier alpha value is -3.88. The number of ether oxygens (including phenoxy) is 3. The molecule has 1 fully saturated rings. The Bertz CT molecular complexity index is 1460. The van der Waals surface area contributed by atoms with E-state index in [0.717, 1.165) is 51.4 Å². The zero-order valence-corrected chi connectivity index (χ0v) is 24.8. The van der Waals surface area contributed by atoms with Crippen LogP contribution < -0.4 is 14.2 Å². The van der Waals surface area contributed by atoms with Gasteiger partial charge in [-0.2, -0.15) is 0 Å². The van der Waals surface area contributed by atoms with Gasteiger partial charge in [-0.3, -0.25) is 14.5 Å². The van der Waals surface area contributed by atoms with Gasteiger partial charge >= 0.3 is 5.97 Å². The number of nitrogens with zero attached hydrogens (tertiary/aromatic N) is 1. The smallest absolute Gasteiger partial charge is 0.320 e. The number of carbonyl (C=O) groups excluding carboxylic acids is 1. The number of carboxylic acids is 1. The third-order valence-electron chi connectivity index (χ3n) is 7.14. The molecular weight excluding hydrogens is 538 g/mol. The van der Waals surface area contributed by atoms with Crippen molar-refractivity contribution < 1.29 is 28.9 Å². The summed E-state index contributed by atoms with van der Waals surface area (Å²) in [7, 11) is 3.26. The van der Waals surface area contributed by atoms with Crippen LogP contribution in [0.3, 0.4) is 0 Å². The summed E-state index contributed by atoms with van der Waals surface area (Å²) in [5.74, 6) is 1.30. The molecule has 1 aromatic heterocycles. The highest BCUT2D eigenvalue weighted by Gasteiger charge is 2.28. The largest absolute Gasteiger partial charge is 0.497 e. The second-order valence-corrected chi connectivity index (χ2v) is 10.5. The average Bonchev–Trinajstić information content (AvgIpc) is 3.41. The number of hydrogen-bond donors (Lipinski definition) is 1. The molecule has 5 rings (SSSR count). The van der Waals surface area contributed by atoms with E-state index in [9.17, 15) is 14.7 Å². The summed E-state index contributed by atoms with van der Waals surface area (Å²) in [6, 6.07) is 20.2. The summed E-state index contributed by atoms with van der Waals surface area (Å²) < 4.78 is 17.6. The number of aliphatic carboxylic acids is 1. The lowest BCUT2D eigenvalue weighted by Gasteiger charge is -2.32. The molecule has 0 bridgehead atoms. The fraction of sp³-hybridized carbons (Fsp3) is 0.333. The summed E-state index contributed by atoms with van der Waals surface area (Å²) in [4.78, 5) is 28.3. The topological polar surface area (TPSA) is 85.3 Å². The Kier molecular flexibility index (Phi) is 10.4. The maximum absolute atomic E-state index is 13.9. The number of rotatable bonds is 10. The summed E-state index contributed by atoms with van der Waals surface area (Å²) in [6.07, 6.45) is 2.62. The highest BCUT2D eigenvalue weighted by molar-refractivity contribution is 7.22. The Morgan fingerprint density at radius 2 is 1.56 bits per heavy atom. The van der Waals surface area contributed by atoms with Gasteiger partial charge in [-0.25, -0.2) is 0 Å². The summed E-state index contributed by atoms with van der Waals surface area (Å²) in [5.41, 5.74) is 2.16. The van der Waals surface area contributed by atoms with Gasteiger partial charge in [0, 0.05) is 32.6 Å². The molecule has 3 aromatic carbocycles. The summed E-state index contributed by atoms with van der Waals surface area (Å²) >= 11 is 1.56. The zero-order chi connectivity index (χ0) is 29.4. The van der Waals surface area contributed by atoms with E-state index in [2.05, 4.69) is 0 Å². The second-order valence-electron chi connectivity index (χ2n) is 9.48. The van der Waals surface area contributed by atoms with Crippen LogP contribution in [0.5, 0.6) is 17.2 Å². The van der Waals surface area contributed by atoms with Gasteiger partial charge in [0.15, 0.2) is 5.78 Å². The van der Waals surface area contributed by atoms with Crippen LogP contribution in [0.1, 0.15) is 49.0 Å². The Labute approximate surface area is 245 Å². The van der Waals surface area contributed by atoms with Crippen LogP contribution in [-0.2, 0) is 4.79 Å². The van der Waals surface area contributed by atoms with Crippen molar-refractivity contribution in [2.24, 2.45) is 0 Å². The predicted molar refractivity (Wildman–Crippen MR) is 164 cm³/mol. The maximum atomic E-state index is 13.9. The molecule has 2 heterocycles. The van der Waals surface area contributed by atoms with Gasteiger partial charge in [0.2, 0.25) is 0 Å². The molecular formula is C33H37NO6S. The summed E-state index contributed by atoms with van der Waals surface area (Å²) in [5, 5.41) is 10.3. The molecule has 4 aromatic rings. The minimum atomic E-state index is -0.772. The number of likely N-dealkylation sites (tertiary alicyclic amines) is 1. The SMILES string of the molecule is CC.COc1ccc(-c2sc3cc(OC)ccc3c2C(=O)c2ccc(OCCN3CCCCC3C(=O)O)cc2)cc1. The van der Waals surface area contributed by atoms with E-state index in [1.165, 1.54) is 0 Å². The Balaban J connectivity index is 0.00000189. The highest BCUT2D eigenvalue weighted by atomic mass is 32.1. The number of ketones is 1. The van der Waals surface area contributed by atoms with Gasteiger partial charge < -0.3 is 19.3 Å². The van der Waals surface area contributed by atoms with Crippen LogP contribution in [0.4, 0.5) is 0 Å². The molecule has 0 saturated carbocycles. The van der Waals surface area contributed by atoms with E-state index in [1.54, 1.807) is 49.8 Å². The molecule has 0 radical (unpaired) electrons. The number of hydrogen-bond acceptors (Lipinski definition) is 7. The molecule has 0 amide bonds. The fourth-order valence-corrected chi connectivity index (χ4v) is 6.27. The average molecular weight is 576 g/mol. The molecule has 0 spiro atoms. The first-order chi connectivity index (χ1) is 20.0. The maximum Gasteiger partial charge on any atom is 0.320 e. The normalized spacial score (nSPS) is 15.1. The molecule has 8 heteroatoms. The van der Waals surface area contributed by atoms with Crippen molar-refractivity contribution in [1.82, 2.24) is 4.90 Å². The predicted octanol–water partition coefficient (Wildman–Crippen LogP) is 7.16. The number of fused-ring (bicyclic) bond motifs is 1. The molecule has 1 aliphatic rings. The van der Waals surface area contributed by atoms with Gasteiger partial charge in [-0.1, -0.05) is 20.3 Å². The van der Waals surface area contributed by atoms with Crippen molar-refractivity contribution in [3.05, 3.63) is 77.9 Å². The first-order valence-corrected chi connectivity index (χ1v) is 14.8. The van der Waals surface area contributed by atoms with Gasteiger partial charge in [-0.15, -0.1) is 11.3 Å². The third kappa shape index (κ3) is 6.89. The quantitative estimate of drug-likeness (QED) is 0.201. The monoisotopic (exact) mass is 575 g/mol. The molecule has 7 nitrogen and oxygen atoms in total. The highest BCUT2D eigenvalue weighted by Crippen LogP contribution is 2.41. The molecule has 1 atom stereocenters. The van der Waals surface area contributed by atoms with Crippen molar-refractivity contribution in [2.45, 2.75) is 39.2 Å². The standard InChI is InChI=1S/C31H31NO6S.C2H6/c1-36-22-10-8-21(9-11-22)30-28(25-15-14-24(37-2)19-27(25)39-30)29(33)20-6-12-23(13-7-20)38-18-17-32-16-4-3-5-26(32)31(34)35;1-2/h6-15,19,26H,3-5,16-18H2,1-2H3,(H,34,35);1-2H3. The first kappa shape index (κ1) is 30.1. The van der Waals surface area contributed by atoms with Gasteiger partial charge in [-0.05, 0) is 91.7 Å². The number of carboxylic acid groups (broad SMARTS) is 1. The molecule has 216 valence electrons. The third-order valence-corrected chi connectivity index (χ3v) is 8.34. The van der Waals surface area contributed by atoms with Gasteiger partial charge in [0.1, 0.15) is 29.9 Å². The Morgan fingerprint density at radius 3 is 2.22 bits per heavy atom. The van der Waals surface area contributed by atoms with E-state index >= 15 is 0 Å². The van der Waals surface area contributed by atoms with E-state index in [-0.39, 0.29) is 5.78 Å². The lowest BCUT2D eigenvalue weighted by molar-refractivity contribution is -0.144. The number of benzene rings is 3. The van der Waals surface area contributed by atoms with Crippen LogP contribution in [-0.4, -0.2) is 61.7 Å². The van der Waals surface area contributed by atoms with E-state index in [1.807, 2.05) is 61.2 Å². The van der Waals surface area contributed by atoms with Crippen molar-refractivity contribution in [2.75, 3.05) is 33.9 Å². The molecule has 0 aliphatic carbocycles. The molecule has 1 saturated heterocycles. The summed E-state index contributed by atoms with van der Waals surface area (Å²) in [6.45, 7) is 5.70. The van der Waals surface area contributed by atoms with Crippen molar-refractivity contribution in [3.63, 3.8) is 0 Å². The van der Waals surface area contributed by atoms with E-state index in [0.29, 0.717) is 36.4 Å². The molecule has 1 N–H and O–H groups in total. The second kappa shape index (κ2) is 14.1. The number of thiophene rings is 1. The lowest BCUT2D eigenvalue weighted by atomic mass is 9.97. The van der Waals surface area contributed by atoms with Crippen LogP contribution in [0.2, 0.25) is 0 Å². The van der Waals surface area contributed by atoms with E-state index < -0.39 is 12.0 Å². The van der Waals surface area contributed by atoms with Crippen LogP contribution in [0.25, 0.3) is 20.5 Å². The van der Waals surface area contributed by atoms with Gasteiger partial charge in [0.25, 0.3) is 0 Å². The van der Waals surface area contributed by atoms with Crippen molar-refractivity contribution >= 4 is 33.2 Å². The minimum Gasteiger partial charge on any atom is -0.497 e. The Morgan fingerprint density at radius 1 is 0.902 bits per heavy atom. The molecule has 41 heavy (non-hydrogen) atoms. The minimum absolute atomic E-state index is 0.0681. The van der Waals surface area contributed by atoms with Crippen molar-refractivity contribution in [3.8, 4) is 27.7 Å². The van der Waals surface area contributed by atoms with Crippen LogP contribution in [0, 0.1) is 0 Å². The van der Waals surface area contributed by atoms with Crippen LogP contribution in [0.15, 0.2) is 66.7 Å². The van der Waals surface area contributed by atoms with Crippen molar-refractivity contribution in [1.29, 1.82) is 0 Å². The number of carbonyl (C=O) groups is 2. The van der Waals surface area contributed by atoms with E-state index in [4.69, 9.17) is 14.2 Å². The van der Waals surface area contributed by atoms with Gasteiger partial charge in [0.05, 0.1) is 14.2 Å². The molecule has 1 unspecified atom stereocenters.